The standard InChI is InChI=1S/C23H22ClN3O2/c24-20-10-12-21(13-11-20)26-23(28)27-25-17-19-8-14-22(15-9-19)29-16-4-7-18-5-2-1-3-6-18/h1-3,5-6,8-15,17H,4,7,16H2,(H2,26,27,28)/b25-17-. The van der Waals surface area contributed by atoms with Gasteiger partial charge in [-0.15, -0.1) is 0 Å². The summed E-state index contributed by atoms with van der Waals surface area (Å²) in [5.74, 6) is 0.809. The van der Waals surface area contributed by atoms with Crippen LogP contribution in [0.2, 0.25) is 5.02 Å². The van der Waals surface area contributed by atoms with Crippen molar-refractivity contribution < 1.29 is 9.53 Å². The highest BCUT2D eigenvalue weighted by Crippen LogP contribution is 2.13. The molecule has 0 saturated heterocycles. The van der Waals surface area contributed by atoms with Crippen LogP contribution in [0, 0.1) is 0 Å². The van der Waals surface area contributed by atoms with E-state index in [4.69, 9.17) is 16.3 Å². The summed E-state index contributed by atoms with van der Waals surface area (Å²) in [4.78, 5) is 11.8. The molecule has 148 valence electrons. The summed E-state index contributed by atoms with van der Waals surface area (Å²) in [5.41, 5.74) is 5.23. The van der Waals surface area contributed by atoms with Crippen LogP contribution in [-0.2, 0) is 6.42 Å². The molecule has 0 aliphatic heterocycles. The van der Waals surface area contributed by atoms with E-state index in [0.29, 0.717) is 17.3 Å². The molecule has 0 fully saturated rings. The number of carbonyl (C=O) groups is 1. The Morgan fingerprint density at radius 3 is 2.41 bits per heavy atom. The number of rotatable bonds is 8. The fourth-order valence-electron chi connectivity index (χ4n) is 2.62. The van der Waals surface area contributed by atoms with E-state index in [1.54, 1.807) is 30.5 Å². The summed E-state index contributed by atoms with van der Waals surface area (Å²) in [7, 11) is 0. The van der Waals surface area contributed by atoms with Gasteiger partial charge in [0, 0.05) is 10.7 Å². The first-order valence-corrected chi connectivity index (χ1v) is 9.69. The van der Waals surface area contributed by atoms with Crippen LogP contribution >= 0.6 is 11.6 Å². The number of anilines is 1. The smallest absolute Gasteiger partial charge is 0.339 e. The molecule has 0 heterocycles. The Bertz CT molecular complexity index is 927. The summed E-state index contributed by atoms with van der Waals surface area (Å²) in [6.45, 7) is 0.661. The van der Waals surface area contributed by atoms with Crippen molar-refractivity contribution in [1.82, 2.24) is 5.43 Å². The van der Waals surface area contributed by atoms with Gasteiger partial charge in [-0.2, -0.15) is 5.10 Å². The number of urea groups is 1. The number of amides is 2. The molecule has 0 atom stereocenters. The molecule has 6 heteroatoms. The van der Waals surface area contributed by atoms with Crippen molar-refractivity contribution >= 4 is 29.5 Å². The molecule has 29 heavy (non-hydrogen) atoms. The van der Waals surface area contributed by atoms with E-state index in [9.17, 15) is 4.79 Å². The molecule has 3 aromatic carbocycles. The lowest BCUT2D eigenvalue weighted by molar-refractivity contribution is 0.252. The van der Waals surface area contributed by atoms with Crippen molar-refractivity contribution in [3.05, 3.63) is 95.0 Å². The summed E-state index contributed by atoms with van der Waals surface area (Å²) in [6, 6.07) is 24.3. The van der Waals surface area contributed by atoms with E-state index in [1.807, 2.05) is 42.5 Å². The van der Waals surface area contributed by atoms with Gasteiger partial charge in [0.2, 0.25) is 0 Å². The fourth-order valence-corrected chi connectivity index (χ4v) is 2.74. The van der Waals surface area contributed by atoms with Crippen LogP contribution in [0.3, 0.4) is 0 Å². The first-order chi connectivity index (χ1) is 14.2. The van der Waals surface area contributed by atoms with E-state index in [-0.39, 0.29) is 0 Å². The van der Waals surface area contributed by atoms with Crippen molar-refractivity contribution in [1.29, 1.82) is 0 Å². The van der Waals surface area contributed by atoms with Gasteiger partial charge in [-0.1, -0.05) is 41.9 Å². The lowest BCUT2D eigenvalue weighted by atomic mass is 10.1. The summed E-state index contributed by atoms with van der Waals surface area (Å²) in [5, 5.41) is 7.21. The van der Waals surface area contributed by atoms with Crippen molar-refractivity contribution in [3.8, 4) is 5.75 Å². The second kappa shape index (κ2) is 10.9. The average molecular weight is 408 g/mol. The maximum absolute atomic E-state index is 11.8. The van der Waals surface area contributed by atoms with Gasteiger partial charge in [0.1, 0.15) is 5.75 Å². The number of carbonyl (C=O) groups excluding carboxylic acids is 1. The second-order valence-electron chi connectivity index (χ2n) is 6.34. The van der Waals surface area contributed by atoms with E-state index >= 15 is 0 Å². The number of hydrazone groups is 1. The van der Waals surface area contributed by atoms with E-state index < -0.39 is 6.03 Å². The highest BCUT2D eigenvalue weighted by molar-refractivity contribution is 6.30. The number of hydrogen-bond donors (Lipinski definition) is 2. The minimum Gasteiger partial charge on any atom is -0.494 e. The lowest BCUT2D eigenvalue weighted by Gasteiger charge is -2.06. The maximum atomic E-state index is 11.8. The predicted octanol–water partition coefficient (Wildman–Crippen LogP) is 5.51. The van der Waals surface area contributed by atoms with Crippen molar-refractivity contribution in [2.24, 2.45) is 5.10 Å². The fraction of sp³-hybridized carbons (Fsp3) is 0.130. The largest absolute Gasteiger partial charge is 0.494 e. The Morgan fingerprint density at radius 1 is 0.966 bits per heavy atom. The molecule has 0 unspecified atom stereocenters. The zero-order chi connectivity index (χ0) is 20.3. The third kappa shape index (κ3) is 7.31. The molecule has 3 aromatic rings. The van der Waals surface area contributed by atoms with Crippen LogP contribution in [0.15, 0.2) is 84.0 Å². The number of hydrogen-bond acceptors (Lipinski definition) is 3. The van der Waals surface area contributed by atoms with Crippen LogP contribution in [-0.4, -0.2) is 18.9 Å². The van der Waals surface area contributed by atoms with Crippen LogP contribution in [0.5, 0.6) is 5.75 Å². The predicted molar refractivity (Wildman–Crippen MR) is 118 cm³/mol. The van der Waals surface area contributed by atoms with Gasteiger partial charge in [-0.3, -0.25) is 0 Å². The third-order valence-corrected chi connectivity index (χ3v) is 4.34. The summed E-state index contributed by atoms with van der Waals surface area (Å²) >= 11 is 5.81. The van der Waals surface area contributed by atoms with Gasteiger partial charge in [0.05, 0.1) is 12.8 Å². The molecule has 5 nitrogen and oxygen atoms in total. The van der Waals surface area contributed by atoms with Gasteiger partial charge in [-0.25, -0.2) is 10.2 Å². The number of halogens is 1. The molecular weight excluding hydrogens is 386 g/mol. The highest BCUT2D eigenvalue weighted by atomic mass is 35.5. The quantitative estimate of drug-likeness (QED) is 0.294. The van der Waals surface area contributed by atoms with E-state index in [0.717, 1.165) is 24.2 Å². The zero-order valence-electron chi connectivity index (χ0n) is 15.8. The normalized spacial score (nSPS) is 10.7. The van der Waals surface area contributed by atoms with E-state index in [1.165, 1.54) is 5.56 Å². The maximum Gasteiger partial charge on any atom is 0.339 e. The molecule has 2 N–H and O–H groups in total. The van der Waals surface area contributed by atoms with Gasteiger partial charge in [0.25, 0.3) is 0 Å². The van der Waals surface area contributed by atoms with Crippen molar-refractivity contribution in [2.75, 3.05) is 11.9 Å². The lowest BCUT2D eigenvalue weighted by Crippen LogP contribution is -2.24. The molecule has 3 rings (SSSR count). The third-order valence-electron chi connectivity index (χ3n) is 4.08. The summed E-state index contributed by atoms with van der Waals surface area (Å²) < 4.78 is 5.77. The highest BCUT2D eigenvalue weighted by Gasteiger charge is 2.00. The molecular formula is C23H22ClN3O2. The molecule has 0 aliphatic rings. The SMILES string of the molecule is O=C(N/N=C\c1ccc(OCCCc2ccccc2)cc1)Nc1ccc(Cl)cc1. The monoisotopic (exact) mass is 407 g/mol. The van der Waals surface area contributed by atoms with Crippen LogP contribution in [0.1, 0.15) is 17.5 Å². The van der Waals surface area contributed by atoms with Crippen molar-refractivity contribution in [2.45, 2.75) is 12.8 Å². The molecule has 0 aromatic heterocycles. The Labute approximate surface area is 175 Å². The molecule has 0 saturated carbocycles. The Morgan fingerprint density at radius 2 is 1.69 bits per heavy atom. The number of nitrogens with one attached hydrogen (secondary N) is 2. The van der Waals surface area contributed by atoms with Crippen LogP contribution < -0.4 is 15.5 Å². The number of benzene rings is 3. The minimum atomic E-state index is -0.429. The number of nitrogens with zero attached hydrogens (tertiary/aromatic N) is 1. The van der Waals surface area contributed by atoms with Crippen LogP contribution in [0.25, 0.3) is 0 Å². The molecule has 0 radical (unpaired) electrons. The Balaban J connectivity index is 1.38. The zero-order valence-corrected chi connectivity index (χ0v) is 16.6. The van der Waals surface area contributed by atoms with Gasteiger partial charge in [-0.05, 0) is 72.5 Å². The summed E-state index contributed by atoms with van der Waals surface area (Å²) in [6.07, 6.45) is 3.52. The van der Waals surface area contributed by atoms with Gasteiger partial charge >= 0.3 is 6.03 Å². The van der Waals surface area contributed by atoms with Gasteiger partial charge in [0.15, 0.2) is 0 Å². The Kier molecular flexibility index (Phi) is 7.66. The first-order valence-electron chi connectivity index (χ1n) is 9.31. The molecule has 0 spiro atoms. The number of ether oxygens (including phenoxy) is 1. The van der Waals surface area contributed by atoms with Crippen LogP contribution in [0.4, 0.5) is 10.5 Å². The topological polar surface area (TPSA) is 62.7 Å². The first kappa shape index (κ1) is 20.4. The number of aryl methyl sites for hydroxylation is 1. The Hall–Kier alpha value is -3.31. The average Bonchev–Trinajstić information content (AvgIpc) is 2.75. The van der Waals surface area contributed by atoms with Gasteiger partial charge < -0.3 is 10.1 Å². The molecule has 0 bridgehead atoms. The molecule has 0 aliphatic carbocycles. The van der Waals surface area contributed by atoms with Crippen molar-refractivity contribution in [3.63, 3.8) is 0 Å². The second-order valence-corrected chi connectivity index (χ2v) is 6.77. The molecule has 2 amide bonds. The minimum absolute atomic E-state index is 0.429. The van der Waals surface area contributed by atoms with E-state index in [2.05, 4.69) is 28.0 Å².